The minimum atomic E-state index is -0.998. The Kier molecular flexibility index (Phi) is 6.09. The number of carbonyl (C=O) groups excluding carboxylic acids is 4. The molecule has 1 N–H and O–H groups in total. The second-order valence-corrected chi connectivity index (χ2v) is 8.92. The molecule has 2 aromatic rings. The summed E-state index contributed by atoms with van der Waals surface area (Å²) in [4.78, 5) is 53.3. The molecule has 5 rings (SSSR count). The van der Waals surface area contributed by atoms with Gasteiger partial charge in [0.05, 0.1) is 29.4 Å². The molecule has 35 heavy (non-hydrogen) atoms. The van der Waals surface area contributed by atoms with Crippen LogP contribution >= 0.6 is 0 Å². The van der Waals surface area contributed by atoms with Crippen molar-refractivity contribution in [2.75, 3.05) is 19.6 Å². The topological polar surface area (TPSA) is 114 Å². The lowest BCUT2D eigenvalue weighted by molar-refractivity contribution is -0.136. The minimum Gasteiger partial charge on any atom is -0.489 e. The van der Waals surface area contributed by atoms with Crippen molar-refractivity contribution in [2.45, 2.75) is 44.4 Å². The molecule has 1 atom stereocenters. The van der Waals surface area contributed by atoms with Gasteiger partial charge in [0, 0.05) is 32.3 Å². The summed E-state index contributed by atoms with van der Waals surface area (Å²) in [6.45, 7) is 3.25. The number of hydrogen-bond acceptors (Lipinski definition) is 7. The molecular formula is C25H25N5O5. The number of amides is 4. The maximum atomic E-state index is 13.2. The summed E-state index contributed by atoms with van der Waals surface area (Å²) in [5, 5.41) is 6.46. The van der Waals surface area contributed by atoms with Crippen LogP contribution < -0.4 is 10.1 Å². The van der Waals surface area contributed by atoms with Gasteiger partial charge in [-0.1, -0.05) is 12.0 Å². The molecule has 2 saturated heterocycles. The molecule has 180 valence electrons. The van der Waals surface area contributed by atoms with E-state index in [1.807, 2.05) is 10.9 Å². The molecular weight excluding hydrogens is 450 g/mol. The monoisotopic (exact) mass is 475 g/mol. The SMILES string of the molecule is C#Cc1cnn(CCN2CCC(Oc3cccc4c3C(=O)N(C3CCC(=O)NC3=O)C4=O)CC2)c1. The predicted molar refractivity (Wildman–Crippen MR) is 123 cm³/mol. The molecule has 2 fully saturated rings. The van der Waals surface area contributed by atoms with Crippen molar-refractivity contribution < 1.29 is 23.9 Å². The number of nitrogens with one attached hydrogen (secondary N) is 1. The van der Waals surface area contributed by atoms with Crippen molar-refractivity contribution in [1.29, 1.82) is 0 Å². The van der Waals surface area contributed by atoms with Crippen LogP contribution in [0.3, 0.4) is 0 Å². The number of imide groups is 2. The van der Waals surface area contributed by atoms with E-state index in [0.717, 1.165) is 49.5 Å². The van der Waals surface area contributed by atoms with Crippen LogP contribution in [0.2, 0.25) is 0 Å². The fourth-order valence-electron chi connectivity index (χ4n) is 4.82. The third-order valence-electron chi connectivity index (χ3n) is 6.70. The smallest absolute Gasteiger partial charge is 0.266 e. The van der Waals surface area contributed by atoms with Crippen LogP contribution in [0.4, 0.5) is 0 Å². The van der Waals surface area contributed by atoms with Crippen LogP contribution in [0, 0.1) is 12.3 Å². The van der Waals surface area contributed by atoms with Crippen LogP contribution in [-0.4, -0.2) is 75.0 Å². The summed E-state index contributed by atoms with van der Waals surface area (Å²) in [5.41, 5.74) is 1.17. The molecule has 10 heteroatoms. The van der Waals surface area contributed by atoms with Crippen molar-refractivity contribution in [3.05, 3.63) is 47.3 Å². The van der Waals surface area contributed by atoms with Gasteiger partial charge in [-0.15, -0.1) is 6.42 Å². The number of piperidine rings is 2. The van der Waals surface area contributed by atoms with Gasteiger partial charge in [-0.05, 0) is 31.4 Å². The predicted octanol–water partition coefficient (Wildman–Crippen LogP) is 0.809. The second-order valence-electron chi connectivity index (χ2n) is 8.92. The average molecular weight is 476 g/mol. The fraction of sp³-hybridized carbons (Fsp3) is 0.400. The Morgan fingerprint density at radius 3 is 2.60 bits per heavy atom. The average Bonchev–Trinajstić information content (AvgIpc) is 3.42. The molecule has 1 aromatic carbocycles. The maximum Gasteiger partial charge on any atom is 0.266 e. The number of nitrogens with zero attached hydrogens (tertiary/aromatic N) is 4. The highest BCUT2D eigenvalue weighted by Crippen LogP contribution is 2.34. The van der Waals surface area contributed by atoms with Crippen molar-refractivity contribution in [3.63, 3.8) is 0 Å². The molecule has 1 unspecified atom stereocenters. The zero-order valence-corrected chi connectivity index (χ0v) is 19.1. The number of terminal acetylenes is 1. The van der Waals surface area contributed by atoms with E-state index in [1.54, 1.807) is 24.4 Å². The minimum absolute atomic E-state index is 0.0806. The highest BCUT2D eigenvalue weighted by molar-refractivity contribution is 6.24. The Hall–Kier alpha value is -3.97. The molecule has 0 saturated carbocycles. The highest BCUT2D eigenvalue weighted by Gasteiger charge is 2.46. The normalized spacial score (nSPS) is 21.1. The standard InChI is InChI=1S/C25H25N5O5/c1-2-16-14-26-29(15-16)13-12-28-10-8-17(9-11-28)35-20-5-3-4-18-22(20)25(34)30(24(18)33)19-6-7-21(31)27-23(19)32/h1,3-5,14-15,17,19H,6-13H2,(H,27,31,32). The van der Waals surface area contributed by atoms with E-state index in [-0.39, 0.29) is 30.1 Å². The van der Waals surface area contributed by atoms with Crippen molar-refractivity contribution in [1.82, 2.24) is 24.9 Å². The second kappa shape index (κ2) is 9.35. The number of fused-ring (bicyclic) bond motifs is 1. The summed E-state index contributed by atoms with van der Waals surface area (Å²) < 4.78 is 8.04. The van der Waals surface area contributed by atoms with Crippen LogP contribution in [0.1, 0.15) is 52.0 Å². The zero-order chi connectivity index (χ0) is 24.5. The first-order chi connectivity index (χ1) is 16.9. The Bertz CT molecular complexity index is 1240. The number of ether oxygens (including phenoxy) is 1. The van der Waals surface area contributed by atoms with Crippen LogP contribution in [-0.2, 0) is 16.1 Å². The quantitative estimate of drug-likeness (QED) is 0.486. The molecule has 0 bridgehead atoms. The molecule has 3 aliphatic rings. The summed E-state index contributed by atoms with van der Waals surface area (Å²) in [6.07, 6.45) is 10.6. The van der Waals surface area contributed by atoms with E-state index < -0.39 is 29.7 Å². The number of hydrogen-bond donors (Lipinski definition) is 1. The maximum absolute atomic E-state index is 13.2. The zero-order valence-electron chi connectivity index (χ0n) is 19.1. The van der Waals surface area contributed by atoms with E-state index in [1.165, 1.54) is 0 Å². The van der Waals surface area contributed by atoms with Crippen molar-refractivity contribution >= 4 is 23.6 Å². The van der Waals surface area contributed by atoms with Crippen molar-refractivity contribution in [2.24, 2.45) is 0 Å². The lowest BCUT2D eigenvalue weighted by atomic mass is 10.0. The van der Waals surface area contributed by atoms with E-state index in [4.69, 9.17) is 11.2 Å². The largest absolute Gasteiger partial charge is 0.489 e. The van der Waals surface area contributed by atoms with Gasteiger partial charge in [0.15, 0.2) is 0 Å². The third-order valence-corrected chi connectivity index (χ3v) is 6.70. The first kappa shape index (κ1) is 22.8. The van der Waals surface area contributed by atoms with Gasteiger partial charge in [-0.3, -0.25) is 34.1 Å². The first-order valence-electron chi connectivity index (χ1n) is 11.7. The number of rotatable bonds is 6. The van der Waals surface area contributed by atoms with Gasteiger partial charge >= 0.3 is 0 Å². The molecule has 4 heterocycles. The molecule has 0 spiro atoms. The van der Waals surface area contributed by atoms with Gasteiger partial charge < -0.3 is 9.64 Å². The van der Waals surface area contributed by atoms with Gasteiger partial charge in [0.2, 0.25) is 11.8 Å². The molecule has 10 nitrogen and oxygen atoms in total. The number of benzene rings is 1. The highest BCUT2D eigenvalue weighted by atomic mass is 16.5. The Morgan fingerprint density at radius 2 is 1.89 bits per heavy atom. The Morgan fingerprint density at radius 1 is 1.09 bits per heavy atom. The van der Waals surface area contributed by atoms with Crippen LogP contribution in [0.25, 0.3) is 0 Å². The molecule has 3 aliphatic heterocycles. The van der Waals surface area contributed by atoms with Gasteiger partial charge in [0.25, 0.3) is 11.8 Å². The summed E-state index contributed by atoms with van der Waals surface area (Å²) in [7, 11) is 0. The van der Waals surface area contributed by atoms with E-state index in [0.29, 0.717) is 5.75 Å². The summed E-state index contributed by atoms with van der Waals surface area (Å²) in [6, 6.07) is 3.93. The van der Waals surface area contributed by atoms with Gasteiger partial charge in [-0.2, -0.15) is 5.10 Å². The molecule has 1 aromatic heterocycles. The molecule has 0 aliphatic carbocycles. The lowest BCUT2D eigenvalue weighted by Crippen LogP contribution is -2.54. The van der Waals surface area contributed by atoms with E-state index in [2.05, 4.69) is 21.2 Å². The molecule has 0 radical (unpaired) electrons. The first-order valence-corrected chi connectivity index (χ1v) is 11.7. The lowest BCUT2D eigenvalue weighted by Gasteiger charge is -2.32. The van der Waals surface area contributed by atoms with Gasteiger partial charge in [-0.25, -0.2) is 0 Å². The molecule has 4 amide bonds. The summed E-state index contributed by atoms with van der Waals surface area (Å²) >= 11 is 0. The van der Waals surface area contributed by atoms with Crippen molar-refractivity contribution in [3.8, 4) is 18.1 Å². The summed E-state index contributed by atoms with van der Waals surface area (Å²) in [5.74, 6) is 0.798. The van der Waals surface area contributed by atoms with Crippen LogP contribution in [0.5, 0.6) is 5.75 Å². The number of likely N-dealkylation sites (tertiary alicyclic amines) is 1. The number of carbonyl (C=O) groups is 4. The van der Waals surface area contributed by atoms with Gasteiger partial charge in [0.1, 0.15) is 17.9 Å². The third kappa shape index (κ3) is 4.42. The number of aromatic nitrogens is 2. The van der Waals surface area contributed by atoms with E-state index >= 15 is 0 Å². The Balaban J connectivity index is 1.21. The fourth-order valence-corrected chi connectivity index (χ4v) is 4.82. The van der Waals surface area contributed by atoms with Crippen LogP contribution in [0.15, 0.2) is 30.6 Å². The Labute approximate surface area is 202 Å². The van der Waals surface area contributed by atoms with E-state index in [9.17, 15) is 19.2 Å².